The lowest BCUT2D eigenvalue weighted by Gasteiger charge is -2.38. The number of imidazole rings is 1. The molecule has 0 saturated heterocycles. The van der Waals surface area contributed by atoms with Crippen molar-refractivity contribution in [1.29, 1.82) is 0 Å². The fourth-order valence-corrected chi connectivity index (χ4v) is 3.91. The van der Waals surface area contributed by atoms with E-state index in [0.29, 0.717) is 29.5 Å². The van der Waals surface area contributed by atoms with Crippen LogP contribution in [-0.2, 0) is 0 Å². The first kappa shape index (κ1) is 19.3. The number of aromatic nitrogens is 4. The molecule has 0 spiro atoms. The van der Waals surface area contributed by atoms with Gasteiger partial charge in [0, 0.05) is 37.1 Å². The Balaban J connectivity index is 1.53. The SMILES string of the molecule is CNC1CCC(F)[C@@H](N(C)c2ccc(-c3ccc(-n4ccnc4)cc3O)nn2)C1. The summed E-state index contributed by atoms with van der Waals surface area (Å²) in [5.41, 5.74) is 1.95. The number of benzene rings is 1. The van der Waals surface area contributed by atoms with Crippen LogP contribution in [-0.4, -0.2) is 57.2 Å². The van der Waals surface area contributed by atoms with E-state index in [4.69, 9.17) is 0 Å². The average Bonchev–Trinajstić information content (AvgIpc) is 3.29. The van der Waals surface area contributed by atoms with E-state index in [9.17, 15) is 9.50 Å². The molecule has 2 heterocycles. The second-order valence-electron chi connectivity index (χ2n) is 7.44. The fraction of sp³-hybridized carbons (Fsp3) is 0.381. The lowest BCUT2D eigenvalue weighted by atomic mass is 9.88. The summed E-state index contributed by atoms with van der Waals surface area (Å²) in [7, 11) is 3.77. The summed E-state index contributed by atoms with van der Waals surface area (Å²) in [5.74, 6) is 0.729. The number of hydrogen-bond acceptors (Lipinski definition) is 6. The standard InChI is InChI=1S/C21H25FN6O/c1-23-14-3-6-17(22)19(11-14)27(2)21-8-7-18(25-26-21)16-5-4-15(12-20(16)29)28-10-9-24-13-28/h4-5,7-10,12-14,17,19,23,29H,3,6,11H2,1-2H3/t14?,17?,19-/m0/s1. The van der Waals surface area contributed by atoms with Crippen LogP contribution in [0.15, 0.2) is 49.1 Å². The zero-order valence-corrected chi connectivity index (χ0v) is 16.5. The average molecular weight is 396 g/mol. The second kappa shape index (κ2) is 8.16. The van der Waals surface area contributed by atoms with Gasteiger partial charge < -0.3 is 19.9 Å². The number of aromatic hydroxyl groups is 1. The van der Waals surface area contributed by atoms with Crippen LogP contribution in [0.25, 0.3) is 16.9 Å². The maximum Gasteiger partial charge on any atom is 0.151 e. The number of hydrogen-bond donors (Lipinski definition) is 2. The topological polar surface area (TPSA) is 79.1 Å². The van der Waals surface area contributed by atoms with Crippen molar-refractivity contribution in [2.24, 2.45) is 0 Å². The zero-order valence-electron chi connectivity index (χ0n) is 16.5. The summed E-state index contributed by atoms with van der Waals surface area (Å²) in [5, 5.41) is 22.3. The minimum absolute atomic E-state index is 0.111. The van der Waals surface area contributed by atoms with E-state index in [1.807, 2.05) is 35.7 Å². The second-order valence-corrected chi connectivity index (χ2v) is 7.44. The summed E-state index contributed by atoms with van der Waals surface area (Å²) in [6.07, 6.45) is 6.39. The van der Waals surface area contributed by atoms with E-state index in [0.717, 1.165) is 18.5 Å². The molecule has 1 aliphatic carbocycles. The first-order valence-corrected chi connectivity index (χ1v) is 9.76. The van der Waals surface area contributed by atoms with E-state index in [1.165, 1.54) is 0 Å². The lowest BCUT2D eigenvalue weighted by molar-refractivity contribution is 0.189. The quantitative estimate of drug-likeness (QED) is 0.690. The van der Waals surface area contributed by atoms with Crippen molar-refractivity contribution in [3.63, 3.8) is 0 Å². The maximum absolute atomic E-state index is 14.5. The summed E-state index contributed by atoms with van der Waals surface area (Å²) in [6.45, 7) is 0. The van der Waals surface area contributed by atoms with Gasteiger partial charge in [0.2, 0.25) is 0 Å². The predicted molar refractivity (Wildman–Crippen MR) is 110 cm³/mol. The van der Waals surface area contributed by atoms with Crippen LogP contribution in [0.4, 0.5) is 10.2 Å². The zero-order chi connectivity index (χ0) is 20.4. The van der Waals surface area contributed by atoms with Gasteiger partial charge in [0.1, 0.15) is 11.9 Å². The van der Waals surface area contributed by atoms with Crippen molar-refractivity contribution in [3.05, 3.63) is 49.1 Å². The van der Waals surface area contributed by atoms with Crippen molar-refractivity contribution in [1.82, 2.24) is 25.1 Å². The molecule has 1 aromatic carbocycles. The molecule has 1 aliphatic rings. The Hall–Kier alpha value is -3.00. The van der Waals surface area contributed by atoms with Gasteiger partial charge in [0.25, 0.3) is 0 Å². The summed E-state index contributed by atoms with van der Waals surface area (Å²) in [6, 6.07) is 9.04. The van der Waals surface area contributed by atoms with E-state index >= 15 is 0 Å². The fourth-order valence-electron chi connectivity index (χ4n) is 3.91. The highest BCUT2D eigenvalue weighted by atomic mass is 19.1. The van der Waals surface area contributed by atoms with E-state index < -0.39 is 6.17 Å². The van der Waals surface area contributed by atoms with Crippen LogP contribution in [0, 0.1) is 0 Å². The van der Waals surface area contributed by atoms with Crippen molar-refractivity contribution in [2.45, 2.75) is 37.5 Å². The van der Waals surface area contributed by atoms with Gasteiger partial charge in [-0.25, -0.2) is 9.37 Å². The monoisotopic (exact) mass is 396 g/mol. The Morgan fingerprint density at radius 3 is 2.72 bits per heavy atom. The highest BCUT2D eigenvalue weighted by Crippen LogP contribution is 2.31. The summed E-state index contributed by atoms with van der Waals surface area (Å²) in [4.78, 5) is 5.88. The summed E-state index contributed by atoms with van der Waals surface area (Å²) >= 11 is 0. The molecule has 0 radical (unpaired) electrons. The molecule has 2 aromatic heterocycles. The minimum Gasteiger partial charge on any atom is -0.507 e. The van der Waals surface area contributed by atoms with Gasteiger partial charge in [-0.05, 0) is 50.6 Å². The van der Waals surface area contributed by atoms with Gasteiger partial charge in [-0.15, -0.1) is 10.2 Å². The molecule has 0 aliphatic heterocycles. The largest absolute Gasteiger partial charge is 0.507 e. The summed E-state index contributed by atoms with van der Waals surface area (Å²) < 4.78 is 16.3. The molecule has 8 heteroatoms. The number of phenols is 1. The van der Waals surface area contributed by atoms with E-state index in [2.05, 4.69) is 20.5 Å². The molecule has 2 N–H and O–H groups in total. The first-order valence-electron chi connectivity index (χ1n) is 9.76. The number of rotatable bonds is 5. The molecule has 0 amide bonds. The van der Waals surface area contributed by atoms with Gasteiger partial charge >= 0.3 is 0 Å². The van der Waals surface area contributed by atoms with Crippen LogP contribution >= 0.6 is 0 Å². The molecule has 2 unspecified atom stereocenters. The number of nitrogens with zero attached hydrogens (tertiary/aromatic N) is 5. The first-order chi connectivity index (χ1) is 14.1. The third kappa shape index (κ3) is 3.93. The number of alkyl halides is 1. The van der Waals surface area contributed by atoms with Crippen molar-refractivity contribution >= 4 is 5.82 Å². The molecule has 1 fully saturated rings. The molecular formula is C21H25FN6O. The maximum atomic E-state index is 14.5. The smallest absolute Gasteiger partial charge is 0.151 e. The van der Waals surface area contributed by atoms with Gasteiger partial charge in [0.05, 0.1) is 23.8 Å². The predicted octanol–water partition coefficient (Wildman–Crippen LogP) is 2.95. The lowest BCUT2D eigenvalue weighted by Crippen LogP contribution is -2.48. The van der Waals surface area contributed by atoms with E-state index in [-0.39, 0.29) is 11.8 Å². The number of phenolic OH excluding ortho intramolecular Hbond substituents is 1. The highest BCUT2D eigenvalue weighted by molar-refractivity contribution is 5.69. The van der Waals surface area contributed by atoms with Gasteiger partial charge in [0.15, 0.2) is 5.82 Å². The van der Waals surface area contributed by atoms with Gasteiger partial charge in [-0.1, -0.05) is 0 Å². The van der Waals surface area contributed by atoms with Crippen LogP contribution in [0.1, 0.15) is 19.3 Å². The van der Waals surface area contributed by atoms with Crippen molar-refractivity contribution < 1.29 is 9.50 Å². The van der Waals surface area contributed by atoms with Crippen LogP contribution in [0.2, 0.25) is 0 Å². The Morgan fingerprint density at radius 1 is 1.21 bits per heavy atom. The molecule has 3 atom stereocenters. The number of halogens is 1. The molecule has 1 saturated carbocycles. The van der Waals surface area contributed by atoms with Gasteiger partial charge in [-0.3, -0.25) is 0 Å². The third-order valence-corrected chi connectivity index (χ3v) is 5.71. The van der Waals surface area contributed by atoms with E-state index in [1.54, 1.807) is 36.9 Å². The molecular weight excluding hydrogens is 371 g/mol. The molecule has 29 heavy (non-hydrogen) atoms. The minimum atomic E-state index is -0.883. The Morgan fingerprint density at radius 2 is 2.07 bits per heavy atom. The Kier molecular flexibility index (Phi) is 5.44. The number of nitrogens with one attached hydrogen (secondary N) is 1. The normalized spacial score (nSPS) is 21.8. The van der Waals surface area contributed by atoms with Crippen LogP contribution in [0.3, 0.4) is 0 Å². The number of anilines is 1. The molecule has 0 bridgehead atoms. The highest BCUT2D eigenvalue weighted by Gasteiger charge is 2.33. The van der Waals surface area contributed by atoms with Crippen LogP contribution < -0.4 is 10.2 Å². The third-order valence-electron chi connectivity index (χ3n) is 5.71. The van der Waals surface area contributed by atoms with Crippen molar-refractivity contribution in [2.75, 3.05) is 19.0 Å². The van der Waals surface area contributed by atoms with Crippen LogP contribution in [0.5, 0.6) is 5.75 Å². The van der Waals surface area contributed by atoms with Crippen molar-refractivity contribution in [3.8, 4) is 22.7 Å². The Labute approximate surface area is 169 Å². The molecule has 4 rings (SSSR count). The molecule has 152 valence electrons. The molecule has 3 aromatic rings. The molecule has 7 nitrogen and oxygen atoms in total. The Bertz CT molecular complexity index is 946. The van der Waals surface area contributed by atoms with Gasteiger partial charge in [-0.2, -0.15) is 0 Å².